The van der Waals surface area contributed by atoms with E-state index in [0.717, 1.165) is 6.07 Å². The first-order chi connectivity index (χ1) is 12.1. The Balaban J connectivity index is 1.97. The third-order valence-electron chi connectivity index (χ3n) is 3.19. The highest BCUT2D eigenvalue weighted by Gasteiger charge is 2.19. The van der Waals surface area contributed by atoms with Gasteiger partial charge in [-0.15, -0.1) is 0 Å². The van der Waals surface area contributed by atoms with Crippen LogP contribution in [0.3, 0.4) is 0 Å². The molecular formula is C15H12F3N3O4S. The van der Waals surface area contributed by atoms with Crippen LogP contribution in [0.15, 0.2) is 41.3 Å². The fourth-order valence-corrected chi connectivity index (χ4v) is 2.38. The number of amides is 2. The zero-order valence-corrected chi connectivity index (χ0v) is 13.7. The summed E-state index contributed by atoms with van der Waals surface area (Å²) >= 11 is 0. The number of anilines is 1. The summed E-state index contributed by atoms with van der Waals surface area (Å²) in [5.74, 6) is -7.31. The van der Waals surface area contributed by atoms with Gasteiger partial charge in [0, 0.05) is 6.54 Å². The predicted molar refractivity (Wildman–Crippen MR) is 84.6 cm³/mol. The van der Waals surface area contributed by atoms with E-state index in [1.54, 1.807) is 0 Å². The fraction of sp³-hybridized carbons (Fsp3) is 0.0667. The molecular weight excluding hydrogens is 375 g/mol. The number of hydrogen-bond acceptors (Lipinski definition) is 4. The summed E-state index contributed by atoms with van der Waals surface area (Å²) in [7, 11) is -3.85. The normalized spacial score (nSPS) is 11.1. The Morgan fingerprint density at radius 3 is 2.12 bits per heavy atom. The maximum Gasteiger partial charge on any atom is 0.313 e. The summed E-state index contributed by atoms with van der Waals surface area (Å²) in [6.07, 6.45) is 0. The molecule has 0 radical (unpaired) electrons. The molecule has 26 heavy (non-hydrogen) atoms. The topological polar surface area (TPSA) is 118 Å². The number of carbonyl (C=O) groups excluding carboxylic acids is 2. The fourth-order valence-electron chi connectivity index (χ4n) is 1.86. The molecule has 4 N–H and O–H groups in total. The van der Waals surface area contributed by atoms with Crippen molar-refractivity contribution in [3.8, 4) is 0 Å². The van der Waals surface area contributed by atoms with Crippen LogP contribution in [0.25, 0.3) is 0 Å². The van der Waals surface area contributed by atoms with Crippen LogP contribution >= 0.6 is 0 Å². The number of hydrogen-bond donors (Lipinski definition) is 3. The number of benzene rings is 2. The van der Waals surface area contributed by atoms with Gasteiger partial charge in [0.25, 0.3) is 0 Å². The molecule has 2 aromatic carbocycles. The van der Waals surface area contributed by atoms with Crippen molar-refractivity contribution in [3.05, 3.63) is 59.4 Å². The number of primary sulfonamides is 1. The monoisotopic (exact) mass is 387 g/mol. The Morgan fingerprint density at radius 2 is 1.54 bits per heavy atom. The molecule has 0 aromatic heterocycles. The summed E-state index contributed by atoms with van der Waals surface area (Å²) in [5.41, 5.74) is -0.237. The summed E-state index contributed by atoms with van der Waals surface area (Å²) in [6, 6.07) is 6.53. The van der Waals surface area contributed by atoms with E-state index in [4.69, 9.17) is 5.14 Å². The second-order valence-corrected chi connectivity index (χ2v) is 6.61. The lowest BCUT2D eigenvalue weighted by atomic mass is 10.2. The number of halogens is 3. The highest BCUT2D eigenvalue weighted by atomic mass is 32.2. The minimum Gasteiger partial charge on any atom is -0.344 e. The minimum absolute atomic E-state index is 0.126. The molecule has 0 aliphatic rings. The van der Waals surface area contributed by atoms with Crippen LogP contribution in [0.5, 0.6) is 0 Å². The van der Waals surface area contributed by atoms with Gasteiger partial charge in [0.1, 0.15) is 0 Å². The number of nitrogens with two attached hydrogens (primary N) is 1. The van der Waals surface area contributed by atoms with E-state index in [1.165, 1.54) is 24.3 Å². The lowest BCUT2D eigenvalue weighted by Crippen LogP contribution is -2.35. The van der Waals surface area contributed by atoms with Crippen molar-refractivity contribution < 1.29 is 31.2 Å². The zero-order chi connectivity index (χ0) is 19.5. The zero-order valence-electron chi connectivity index (χ0n) is 12.9. The molecule has 11 heteroatoms. The molecule has 0 unspecified atom stereocenters. The molecule has 2 aromatic rings. The minimum atomic E-state index is -3.85. The molecule has 0 heterocycles. The van der Waals surface area contributed by atoms with Crippen LogP contribution in [0.2, 0.25) is 0 Å². The van der Waals surface area contributed by atoms with Crippen LogP contribution in [0.4, 0.5) is 18.9 Å². The first kappa shape index (κ1) is 19.4. The maximum atomic E-state index is 13.5. The molecule has 0 bridgehead atoms. The highest BCUT2D eigenvalue weighted by Crippen LogP contribution is 2.19. The molecule has 7 nitrogen and oxygen atoms in total. The van der Waals surface area contributed by atoms with Crippen molar-refractivity contribution >= 4 is 27.5 Å². The van der Waals surface area contributed by atoms with Gasteiger partial charge in [-0.1, -0.05) is 12.1 Å². The first-order valence-electron chi connectivity index (χ1n) is 6.94. The number of sulfonamides is 1. The van der Waals surface area contributed by atoms with Gasteiger partial charge in [0.2, 0.25) is 10.0 Å². The second-order valence-electron chi connectivity index (χ2n) is 5.05. The molecule has 0 spiro atoms. The quantitative estimate of drug-likeness (QED) is 0.536. The molecule has 0 saturated heterocycles. The smallest absolute Gasteiger partial charge is 0.313 e. The molecule has 138 valence electrons. The first-order valence-corrected chi connectivity index (χ1v) is 8.48. The highest BCUT2D eigenvalue weighted by molar-refractivity contribution is 7.89. The summed E-state index contributed by atoms with van der Waals surface area (Å²) in [6.45, 7) is -0.141. The maximum absolute atomic E-state index is 13.5. The SMILES string of the molecule is NS(=O)(=O)c1ccc(CNC(=O)C(=O)Nc2ccc(F)c(F)c2F)cc1. The second kappa shape index (κ2) is 7.54. The van der Waals surface area contributed by atoms with E-state index in [0.29, 0.717) is 11.6 Å². The van der Waals surface area contributed by atoms with Gasteiger partial charge in [-0.25, -0.2) is 26.7 Å². The van der Waals surface area contributed by atoms with E-state index in [-0.39, 0.29) is 11.4 Å². The Hall–Kier alpha value is -2.92. The Kier molecular flexibility index (Phi) is 5.63. The van der Waals surface area contributed by atoms with Crippen molar-refractivity contribution in [1.29, 1.82) is 0 Å². The van der Waals surface area contributed by atoms with Crippen LogP contribution in [-0.4, -0.2) is 20.2 Å². The summed E-state index contributed by atoms with van der Waals surface area (Å²) < 4.78 is 61.6. The van der Waals surface area contributed by atoms with Crippen molar-refractivity contribution in [2.24, 2.45) is 5.14 Å². The van der Waals surface area contributed by atoms with Gasteiger partial charge in [-0.2, -0.15) is 0 Å². The standard InChI is InChI=1S/C15H12F3N3O4S/c16-10-5-6-11(13(18)12(10)17)21-15(23)14(22)20-7-8-1-3-9(4-2-8)26(19,24)25/h1-6H,7H2,(H,20,22)(H,21,23)(H2,19,24,25). The molecule has 0 atom stereocenters. The van der Waals surface area contributed by atoms with E-state index in [2.05, 4.69) is 5.32 Å². The van der Waals surface area contributed by atoms with E-state index < -0.39 is 45.0 Å². The Morgan fingerprint density at radius 1 is 0.923 bits per heavy atom. The number of rotatable bonds is 4. The van der Waals surface area contributed by atoms with Gasteiger partial charge in [-0.05, 0) is 29.8 Å². The lowest BCUT2D eigenvalue weighted by molar-refractivity contribution is -0.136. The third kappa shape index (κ3) is 4.58. The average Bonchev–Trinajstić information content (AvgIpc) is 2.59. The van der Waals surface area contributed by atoms with E-state index in [1.807, 2.05) is 5.32 Å². The molecule has 0 saturated carbocycles. The summed E-state index contributed by atoms with van der Waals surface area (Å²) in [5, 5.41) is 8.96. The Bertz CT molecular complexity index is 963. The predicted octanol–water partition coefficient (Wildman–Crippen LogP) is 1.01. The average molecular weight is 387 g/mol. The van der Waals surface area contributed by atoms with Crippen LogP contribution in [0, 0.1) is 17.5 Å². The van der Waals surface area contributed by atoms with Crippen LogP contribution < -0.4 is 15.8 Å². The van der Waals surface area contributed by atoms with Gasteiger partial charge in [-0.3, -0.25) is 9.59 Å². The van der Waals surface area contributed by atoms with Crippen LogP contribution in [0.1, 0.15) is 5.56 Å². The van der Waals surface area contributed by atoms with Crippen molar-refractivity contribution in [3.63, 3.8) is 0 Å². The van der Waals surface area contributed by atoms with E-state index in [9.17, 15) is 31.2 Å². The van der Waals surface area contributed by atoms with Gasteiger partial charge in [0.05, 0.1) is 10.6 Å². The largest absolute Gasteiger partial charge is 0.344 e. The third-order valence-corrected chi connectivity index (χ3v) is 4.12. The molecule has 0 aliphatic heterocycles. The van der Waals surface area contributed by atoms with E-state index >= 15 is 0 Å². The molecule has 0 aliphatic carbocycles. The van der Waals surface area contributed by atoms with Gasteiger partial charge < -0.3 is 10.6 Å². The van der Waals surface area contributed by atoms with Crippen molar-refractivity contribution in [1.82, 2.24) is 5.32 Å². The van der Waals surface area contributed by atoms with Crippen LogP contribution in [-0.2, 0) is 26.2 Å². The van der Waals surface area contributed by atoms with Gasteiger partial charge in [0.15, 0.2) is 17.5 Å². The molecule has 2 amide bonds. The lowest BCUT2D eigenvalue weighted by Gasteiger charge is -2.08. The number of nitrogens with one attached hydrogen (secondary N) is 2. The summed E-state index contributed by atoms with van der Waals surface area (Å²) in [4.78, 5) is 23.2. The number of carbonyl (C=O) groups is 2. The molecule has 2 rings (SSSR count). The van der Waals surface area contributed by atoms with Crippen molar-refractivity contribution in [2.75, 3.05) is 5.32 Å². The Labute approximate surface area is 146 Å². The van der Waals surface area contributed by atoms with Gasteiger partial charge >= 0.3 is 11.8 Å². The molecule has 0 fully saturated rings. The van der Waals surface area contributed by atoms with Crippen molar-refractivity contribution in [2.45, 2.75) is 11.4 Å².